The lowest BCUT2D eigenvalue weighted by molar-refractivity contribution is -0.142. The third-order valence-electron chi connectivity index (χ3n) is 12.2. The highest BCUT2D eigenvalue weighted by molar-refractivity contribution is 6.00. The number of carbonyl (C=O) groups is 9. The highest BCUT2D eigenvalue weighted by Crippen LogP contribution is 2.20. The molecule has 1 aliphatic rings. The van der Waals surface area contributed by atoms with Gasteiger partial charge in [0.15, 0.2) is 11.9 Å². The van der Waals surface area contributed by atoms with E-state index in [9.17, 15) is 48.3 Å². The lowest BCUT2D eigenvalue weighted by atomic mass is 10.0. The number of nitrogens with zero attached hydrogens (tertiary/aromatic N) is 4. The number of likely N-dealkylation sites (tertiary alicyclic amines) is 1. The van der Waals surface area contributed by atoms with E-state index in [0.29, 0.717) is 44.3 Å². The molecule has 438 valence electrons. The molecule has 1 fully saturated rings. The second-order valence-electron chi connectivity index (χ2n) is 18.4. The molecule has 0 bridgehead atoms. The number of aromatic amines is 1. The number of primary amides is 1. The predicted octanol–water partition coefficient (Wildman–Crippen LogP) is -8.67. The van der Waals surface area contributed by atoms with Gasteiger partial charge in [-0.1, -0.05) is 12.5 Å². The first kappa shape index (κ1) is 66.6. The van der Waals surface area contributed by atoms with Gasteiger partial charge < -0.3 is 110 Å². The summed E-state index contributed by atoms with van der Waals surface area (Å²) in [4.78, 5) is 138. The Morgan fingerprint density at radius 3 is 1.94 bits per heavy atom. The highest BCUT2D eigenvalue weighted by Gasteiger charge is 2.40. The zero-order chi connectivity index (χ0) is 58.2. The second-order valence-corrected chi connectivity index (χ2v) is 18.4. The Hall–Kier alpha value is -7.52. The number of H-pyrrole nitrogens is 1. The molecule has 1 saturated heterocycles. The number of guanidine groups is 2. The first-order valence-electron chi connectivity index (χ1n) is 25.9. The Bertz CT molecular complexity index is 2190. The Labute approximate surface area is 452 Å². The Kier molecular flexibility index (Phi) is 31.2. The number of nitrogens with one attached hydrogen (secondary N) is 8. The van der Waals surface area contributed by atoms with Gasteiger partial charge in [0.05, 0.1) is 25.0 Å². The lowest BCUT2D eigenvalue weighted by Gasteiger charge is -2.30. The largest absolute Gasteiger partial charge is 0.389 e. The maximum atomic E-state index is 14.3. The van der Waals surface area contributed by atoms with Crippen LogP contribution in [0.4, 0.5) is 0 Å². The van der Waals surface area contributed by atoms with E-state index < -0.39 is 115 Å². The van der Waals surface area contributed by atoms with Crippen LogP contribution in [0.1, 0.15) is 89.2 Å². The molecule has 1 aliphatic heterocycles. The van der Waals surface area contributed by atoms with Gasteiger partial charge in [-0.2, -0.15) is 0 Å². The molecule has 0 aromatic carbocycles. The molecule has 1 aromatic heterocycles. The summed E-state index contributed by atoms with van der Waals surface area (Å²) in [7, 11) is 0. The number of rotatable bonds is 38. The summed E-state index contributed by atoms with van der Waals surface area (Å²) < 4.78 is 0. The Balaban J connectivity index is 2.30. The maximum Gasteiger partial charge on any atom is 0.264 e. The molecule has 0 spiro atoms. The molecule has 32 heteroatoms. The number of hydrogen-bond donors (Lipinski definition) is 19. The fourth-order valence-electron chi connectivity index (χ4n) is 7.99. The number of carbonyl (C=O) groups excluding carboxylic acids is 9. The topological polar surface area (TPSA) is 575 Å². The summed E-state index contributed by atoms with van der Waals surface area (Å²) in [6, 6.07) is -8.99. The molecule has 32 nitrogen and oxygen atoms in total. The van der Waals surface area contributed by atoms with Crippen LogP contribution in [0, 0.1) is 0 Å². The standard InChI is InChI=1S/C46H84N22O10/c47-15-3-1-9-27(51)38(72)67-36(34(69)22-50)43(77)65-29(13-7-19-59-46(55)56)39(73)60-24-35(70)62-31(11-5-17-49)44(78)68-20-8-14-33(68)42(76)66-32(21-26-23-57-25-61-26)41(75)64-30(10-2-4-16-48)40(74)63-28(37(52)71)12-6-18-58-45(53)54/h12,23,25,27,29-34,36,69H,1-11,13-22,24,47-51H2,(H2,52,71)(H,57,61)(H,60,73)(H,62,70)(H,63,74)(H,64,75)(H,65,77)(H,66,76)(H,67,72)(H4,53,54,58)(H4,55,56,59)/b28-12-/t27?,29-,30-,31+,32?,33-,34?,36+/m0/s1. The monoisotopic (exact) mass is 1100 g/mol. The quantitative estimate of drug-likeness (QED) is 0.0127. The molecule has 9 amide bonds. The van der Waals surface area contributed by atoms with Crippen molar-refractivity contribution in [3.63, 3.8) is 0 Å². The number of aliphatic hydroxyl groups is 1. The number of amides is 9. The van der Waals surface area contributed by atoms with Crippen LogP contribution in [0.2, 0.25) is 0 Å². The van der Waals surface area contributed by atoms with Gasteiger partial charge in [-0.25, -0.2) is 4.98 Å². The molecule has 1 aromatic rings. The molecular weight excluding hydrogens is 1020 g/mol. The fourth-order valence-corrected chi connectivity index (χ4v) is 7.99. The molecule has 8 atom stereocenters. The van der Waals surface area contributed by atoms with Crippen LogP contribution >= 0.6 is 0 Å². The van der Waals surface area contributed by atoms with Crippen LogP contribution in [0.15, 0.2) is 34.3 Å². The van der Waals surface area contributed by atoms with E-state index in [-0.39, 0.29) is 108 Å². The minimum atomic E-state index is -1.63. The van der Waals surface area contributed by atoms with Gasteiger partial charge in [-0.05, 0) is 96.7 Å². The summed E-state index contributed by atoms with van der Waals surface area (Å²) in [5, 5.41) is 28.4. The Morgan fingerprint density at radius 2 is 1.32 bits per heavy atom. The van der Waals surface area contributed by atoms with Crippen molar-refractivity contribution in [1.82, 2.24) is 52.1 Å². The van der Waals surface area contributed by atoms with Crippen molar-refractivity contribution >= 4 is 65.1 Å². The van der Waals surface area contributed by atoms with Gasteiger partial charge in [0.25, 0.3) is 5.91 Å². The molecule has 2 heterocycles. The van der Waals surface area contributed by atoms with Crippen LogP contribution < -0.4 is 94.6 Å². The average molecular weight is 1110 g/mol. The fraction of sp³-hybridized carbons (Fsp3) is 0.652. The van der Waals surface area contributed by atoms with Crippen molar-refractivity contribution in [2.24, 2.45) is 67.3 Å². The normalized spacial score (nSPS) is 15.9. The number of imidazole rings is 1. The van der Waals surface area contributed by atoms with Crippen molar-refractivity contribution in [3.05, 3.63) is 30.0 Å². The van der Waals surface area contributed by atoms with E-state index in [4.69, 9.17) is 57.3 Å². The summed E-state index contributed by atoms with van der Waals surface area (Å²) in [6.07, 6.45) is 5.74. The van der Waals surface area contributed by atoms with Gasteiger partial charge in [0, 0.05) is 44.5 Å². The minimum Gasteiger partial charge on any atom is -0.389 e. The van der Waals surface area contributed by atoms with Crippen molar-refractivity contribution in [2.45, 2.75) is 138 Å². The van der Waals surface area contributed by atoms with Gasteiger partial charge in [-0.3, -0.25) is 53.1 Å². The van der Waals surface area contributed by atoms with E-state index in [2.05, 4.69) is 57.2 Å². The number of aliphatic hydroxyl groups excluding tert-OH is 1. The zero-order valence-electron chi connectivity index (χ0n) is 44.1. The molecule has 0 saturated carbocycles. The number of aromatic nitrogens is 2. The second kappa shape index (κ2) is 36.5. The summed E-state index contributed by atoms with van der Waals surface area (Å²) in [5.74, 6) is -7.76. The summed E-state index contributed by atoms with van der Waals surface area (Å²) in [6.45, 7) is -0.141. The van der Waals surface area contributed by atoms with Gasteiger partial charge in [0.1, 0.15) is 41.9 Å². The SMILES string of the molecule is NCCCCC(N)C(=O)N[C@@H](C(=O)N[C@@H](CCCN=C(N)N)C(=O)NCC(=O)N[C@H](CCCN)C(=O)N1CCC[C@H]1C(=O)NC(Cc1cnc[nH]1)C(=O)N[C@@H](CCCCN)C(=O)N/C(=C\CCN=C(N)N)C(N)=O)C(O)CN. The van der Waals surface area contributed by atoms with E-state index in [1.807, 2.05) is 0 Å². The highest BCUT2D eigenvalue weighted by atomic mass is 16.3. The third-order valence-corrected chi connectivity index (χ3v) is 12.2. The lowest BCUT2D eigenvalue weighted by Crippen LogP contribution is -2.61. The molecule has 78 heavy (non-hydrogen) atoms. The summed E-state index contributed by atoms with van der Waals surface area (Å²) >= 11 is 0. The van der Waals surface area contributed by atoms with E-state index in [1.165, 1.54) is 23.5 Å². The van der Waals surface area contributed by atoms with Gasteiger partial charge >= 0.3 is 0 Å². The maximum absolute atomic E-state index is 14.3. The number of aliphatic imine (C=N–C) groups is 2. The number of nitrogens with two attached hydrogens (primary N) is 10. The first-order chi connectivity index (χ1) is 37.2. The van der Waals surface area contributed by atoms with E-state index in [0.717, 1.165) is 0 Å². The average Bonchev–Trinajstić information content (AvgIpc) is 4.12. The summed E-state index contributed by atoms with van der Waals surface area (Å²) in [5.41, 5.74) is 56.0. The van der Waals surface area contributed by atoms with Crippen LogP contribution in [0.25, 0.3) is 0 Å². The van der Waals surface area contributed by atoms with Crippen molar-refractivity contribution < 1.29 is 48.3 Å². The van der Waals surface area contributed by atoms with Crippen molar-refractivity contribution in [1.29, 1.82) is 0 Å². The van der Waals surface area contributed by atoms with Gasteiger partial charge in [0.2, 0.25) is 47.3 Å². The molecular formula is C46H84N22O10. The van der Waals surface area contributed by atoms with Crippen LogP contribution in [-0.2, 0) is 49.6 Å². The van der Waals surface area contributed by atoms with Gasteiger partial charge in [-0.15, -0.1) is 0 Å². The minimum absolute atomic E-state index is 0.0258. The zero-order valence-corrected chi connectivity index (χ0v) is 44.1. The number of unbranched alkanes of at least 4 members (excludes halogenated alkanes) is 2. The molecule has 2 rings (SSSR count). The third kappa shape index (κ3) is 24.6. The van der Waals surface area contributed by atoms with Crippen LogP contribution in [0.3, 0.4) is 0 Å². The smallest absolute Gasteiger partial charge is 0.264 e. The first-order valence-corrected chi connectivity index (χ1v) is 25.9. The van der Waals surface area contributed by atoms with Crippen molar-refractivity contribution in [3.8, 4) is 0 Å². The number of hydrogen-bond acceptors (Lipinski definition) is 18. The molecule has 3 unspecified atom stereocenters. The molecule has 0 aliphatic carbocycles. The predicted molar refractivity (Wildman–Crippen MR) is 287 cm³/mol. The Morgan fingerprint density at radius 1 is 0.705 bits per heavy atom. The van der Waals surface area contributed by atoms with E-state index >= 15 is 0 Å². The van der Waals surface area contributed by atoms with Crippen molar-refractivity contribution in [2.75, 3.05) is 52.4 Å². The molecule has 0 radical (unpaired) electrons. The van der Waals surface area contributed by atoms with E-state index in [1.54, 1.807) is 0 Å². The molecule has 29 N–H and O–H groups in total. The van der Waals surface area contributed by atoms with Crippen LogP contribution in [-0.4, -0.2) is 186 Å². The van der Waals surface area contributed by atoms with Crippen LogP contribution in [0.5, 0.6) is 0 Å².